The highest BCUT2D eigenvalue weighted by atomic mass is 16.5. The summed E-state index contributed by atoms with van der Waals surface area (Å²) in [4.78, 5) is 28.7. The first-order chi connectivity index (χ1) is 15.0. The van der Waals surface area contributed by atoms with Gasteiger partial charge in [-0.1, -0.05) is 24.3 Å². The van der Waals surface area contributed by atoms with Crippen molar-refractivity contribution in [3.8, 4) is 5.75 Å². The van der Waals surface area contributed by atoms with Crippen LogP contribution in [0.15, 0.2) is 66.7 Å². The van der Waals surface area contributed by atoms with Crippen molar-refractivity contribution in [2.24, 2.45) is 0 Å². The Morgan fingerprint density at radius 2 is 1.81 bits per heavy atom. The molecule has 0 spiro atoms. The molecular weight excluding hydrogens is 396 g/mol. The second-order valence-electron chi connectivity index (χ2n) is 6.54. The van der Waals surface area contributed by atoms with Gasteiger partial charge in [0.05, 0.1) is 13.7 Å². The average molecular weight is 418 g/mol. The molecule has 31 heavy (non-hydrogen) atoms. The molecule has 0 atom stereocenters. The summed E-state index contributed by atoms with van der Waals surface area (Å²) in [6.07, 6.45) is 3.05. The molecule has 1 heterocycles. The summed E-state index contributed by atoms with van der Waals surface area (Å²) >= 11 is 0. The third-order valence-corrected chi connectivity index (χ3v) is 4.29. The smallest absolute Gasteiger partial charge is 0.274 e. The number of benzene rings is 2. The third-order valence-electron chi connectivity index (χ3n) is 4.29. The Kier molecular flexibility index (Phi) is 6.97. The normalized spacial score (nSPS) is 10.6. The summed E-state index contributed by atoms with van der Waals surface area (Å²) in [5.41, 5.74) is 8.45. The second kappa shape index (κ2) is 10.0. The van der Waals surface area contributed by atoms with Crippen LogP contribution in [0, 0.1) is 0 Å². The van der Waals surface area contributed by atoms with Crippen LogP contribution in [0.3, 0.4) is 0 Å². The first-order valence-electron chi connectivity index (χ1n) is 9.39. The van der Waals surface area contributed by atoms with Crippen molar-refractivity contribution in [3.05, 3.63) is 83.6 Å². The monoisotopic (exact) mass is 418 g/mol. The summed E-state index contributed by atoms with van der Waals surface area (Å²) in [5, 5.41) is 14.6. The van der Waals surface area contributed by atoms with E-state index in [0.29, 0.717) is 17.1 Å². The topological polar surface area (TPSA) is 127 Å². The Hall–Kier alpha value is -4.17. The molecule has 3 aromatic rings. The number of pyridine rings is 1. The van der Waals surface area contributed by atoms with Gasteiger partial charge in [-0.3, -0.25) is 9.59 Å². The van der Waals surface area contributed by atoms with Gasteiger partial charge in [0.25, 0.3) is 5.91 Å². The van der Waals surface area contributed by atoms with Gasteiger partial charge >= 0.3 is 0 Å². The van der Waals surface area contributed by atoms with Gasteiger partial charge < -0.3 is 26.2 Å². The quantitative estimate of drug-likeness (QED) is 0.437. The molecule has 0 saturated heterocycles. The molecule has 0 saturated carbocycles. The number of aliphatic hydroxyl groups excluding tert-OH is 1. The van der Waals surface area contributed by atoms with Crippen LogP contribution in [0.4, 0.5) is 17.2 Å². The minimum atomic E-state index is -0.443. The number of nitrogens with one attached hydrogen (secondary N) is 2. The number of ether oxygens (including phenoxy) is 1. The number of anilines is 3. The average Bonchev–Trinajstić information content (AvgIpc) is 2.78. The summed E-state index contributed by atoms with van der Waals surface area (Å²) in [6.45, 7) is -0.0645. The molecule has 0 aliphatic rings. The predicted octanol–water partition coefficient (Wildman–Crippen LogP) is 3.07. The summed E-state index contributed by atoms with van der Waals surface area (Å²) in [7, 11) is 1.47. The molecule has 0 radical (unpaired) electrons. The SMILES string of the molecule is COc1ccc(C(=O)Nc2cccc(NC(=O)/C=C/c3cccc(CO)c3)c2)nc1N. The van der Waals surface area contributed by atoms with E-state index in [2.05, 4.69) is 15.6 Å². The third kappa shape index (κ3) is 5.91. The van der Waals surface area contributed by atoms with Crippen LogP contribution in [0.5, 0.6) is 5.75 Å². The fourth-order valence-electron chi connectivity index (χ4n) is 2.78. The van der Waals surface area contributed by atoms with Crippen molar-refractivity contribution in [2.75, 3.05) is 23.5 Å². The lowest BCUT2D eigenvalue weighted by Crippen LogP contribution is -2.15. The number of hydrogen-bond donors (Lipinski definition) is 4. The number of amides is 2. The van der Waals surface area contributed by atoms with Crippen LogP contribution in [-0.4, -0.2) is 29.0 Å². The molecule has 2 amide bonds. The van der Waals surface area contributed by atoms with Crippen LogP contribution < -0.4 is 21.1 Å². The summed E-state index contributed by atoms with van der Waals surface area (Å²) < 4.78 is 5.03. The van der Waals surface area contributed by atoms with E-state index in [1.807, 2.05) is 6.07 Å². The van der Waals surface area contributed by atoms with Crippen LogP contribution in [0.2, 0.25) is 0 Å². The number of methoxy groups -OCH3 is 1. The molecule has 0 fully saturated rings. The minimum Gasteiger partial charge on any atom is -0.493 e. The van der Waals surface area contributed by atoms with Gasteiger partial charge in [-0.05, 0) is 53.6 Å². The lowest BCUT2D eigenvalue weighted by atomic mass is 10.1. The van der Waals surface area contributed by atoms with Gasteiger partial charge in [0.2, 0.25) is 5.91 Å². The Morgan fingerprint density at radius 1 is 1.06 bits per heavy atom. The number of rotatable bonds is 7. The van der Waals surface area contributed by atoms with Crippen molar-refractivity contribution in [1.29, 1.82) is 0 Å². The molecule has 3 rings (SSSR count). The fraction of sp³-hybridized carbons (Fsp3) is 0.0870. The number of carbonyl (C=O) groups excluding carboxylic acids is 2. The zero-order chi connectivity index (χ0) is 22.2. The van der Waals surface area contributed by atoms with Gasteiger partial charge in [-0.25, -0.2) is 4.98 Å². The van der Waals surface area contributed by atoms with Crippen LogP contribution in [0.1, 0.15) is 21.6 Å². The Balaban J connectivity index is 1.64. The van der Waals surface area contributed by atoms with Gasteiger partial charge in [0, 0.05) is 17.5 Å². The van der Waals surface area contributed by atoms with E-state index in [9.17, 15) is 14.7 Å². The largest absolute Gasteiger partial charge is 0.493 e. The van der Waals surface area contributed by atoms with E-state index in [-0.39, 0.29) is 24.0 Å². The molecule has 2 aromatic carbocycles. The Labute approximate surface area is 179 Å². The molecule has 8 nitrogen and oxygen atoms in total. The highest BCUT2D eigenvalue weighted by molar-refractivity contribution is 6.05. The maximum Gasteiger partial charge on any atom is 0.274 e. The summed E-state index contributed by atoms with van der Waals surface area (Å²) in [5.74, 6) is -0.270. The lowest BCUT2D eigenvalue weighted by molar-refractivity contribution is -0.111. The second-order valence-corrected chi connectivity index (χ2v) is 6.54. The van der Waals surface area contributed by atoms with Crippen molar-refractivity contribution >= 4 is 35.1 Å². The number of nitrogens with two attached hydrogens (primary N) is 1. The zero-order valence-corrected chi connectivity index (χ0v) is 16.8. The van der Waals surface area contributed by atoms with E-state index in [1.165, 1.54) is 19.3 Å². The highest BCUT2D eigenvalue weighted by Crippen LogP contribution is 2.20. The fourth-order valence-corrected chi connectivity index (χ4v) is 2.78. The number of aromatic nitrogens is 1. The highest BCUT2D eigenvalue weighted by Gasteiger charge is 2.11. The molecule has 5 N–H and O–H groups in total. The first kappa shape index (κ1) is 21.5. The van der Waals surface area contributed by atoms with Gasteiger partial charge in [0.15, 0.2) is 11.6 Å². The maximum absolute atomic E-state index is 12.4. The predicted molar refractivity (Wildman–Crippen MR) is 120 cm³/mol. The van der Waals surface area contributed by atoms with Crippen molar-refractivity contribution in [1.82, 2.24) is 4.98 Å². The van der Waals surface area contributed by atoms with Crippen LogP contribution in [0.25, 0.3) is 6.08 Å². The molecule has 0 aliphatic carbocycles. The number of hydrogen-bond acceptors (Lipinski definition) is 6. The lowest BCUT2D eigenvalue weighted by Gasteiger charge is -2.09. The van der Waals surface area contributed by atoms with Gasteiger partial charge in [-0.2, -0.15) is 0 Å². The van der Waals surface area contributed by atoms with E-state index >= 15 is 0 Å². The first-order valence-corrected chi connectivity index (χ1v) is 9.39. The van der Waals surface area contributed by atoms with Gasteiger partial charge in [0.1, 0.15) is 5.69 Å². The molecule has 158 valence electrons. The maximum atomic E-state index is 12.4. The number of aliphatic hydroxyl groups is 1. The number of carbonyl (C=O) groups is 2. The zero-order valence-electron chi connectivity index (χ0n) is 16.8. The van der Waals surface area contributed by atoms with E-state index in [0.717, 1.165) is 11.1 Å². The summed E-state index contributed by atoms with van der Waals surface area (Å²) in [6, 6.07) is 17.0. The van der Waals surface area contributed by atoms with E-state index < -0.39 is 5.91 Å². The Morgan fingerprint density at radius 3 is 2.52 bits per heavy atom. The molecule has 0 bridgehead atoms. The van der Waals surface area contributed by atoms with Crippen molar-refractivity contribution < 1.29 is 19.4 Å². The molecule has 0 aliphatic heterocycles. The number of nitrogens with zero attached hydrogens (tertiary/aromatic N) is 1. The van der Waals surface area contributed by atoms with Crippen molar-refractivity contribution in [2.45, 2.75) is 6.61 Å². The van der Waals surface area contributed by atoms with Crippen LogP contribution in [-0.2, 0) is 11.4 Å². The molecule has 8 heteroatoms. The molecule has 0 unspecified atom stereocenters. The number of nitrogen functional groups attached to an aromatic ring is 1. The Bertz CT molecular complexity index is 1130. The van der Waals surface area contributed by atoms with E-state index in [1.54, 1.807) is 54.6 Å². The van der Waals surface area contributed by atoms with Crippen molar-refractivity contribution in [3.63, 3.8) is 0 Å². The minimum absolute atomic E-state index is 0.0645. The molecule has 1 aromatic heterocycles. The van der Waals surface area contributed by atoms with Crippen LogP contribution >= 0.6 is 0 Å². The van der Waals surface area contributed by atoms with Gasteiger partial charge in [-0.15, -0.1) is 0 Å². The standard InChI is InChI=1S/C23H22N4O4/c1-31-20-10-9-19(27-22(20)24)23(30)26-18-7-3-6-17(13-18)25-21(29)11-8-15-4-2-5-16(12-15)14-28/h2-13,28H,14H2,1H3,(H2,24,27)(H,25,29)(H,26,30)/b11-8+. The molecular formula is C23H22N4O4. The van der Waals surface area contributed by atoms with E-state index in [4.69, 9.17) is 10.5 Å².